The van der Waals surface area contributed by atoms with Crippen LogP contribution in [0.2, 0.25) is 0 Å². The van der Waals surface area contributed by atoms with E-state index in [1.807, 2.05) is 37.8 Å². The zero-order valence-electron chi connectivity index (χ0n) is 16.2. The van der Waals surface area contributed by atoms with Gasteiger partial charge in [0, 0.05) is 37.2 Å². The van der Waals surface area contributed by atoms with Gasteiger partial charge in [-0.05, 0) is 12.0 Å². The van der Waals surface area contributed by atoms with E-state index in [1.165, 1.54) is 5.56 Å². The van der Waals surface area contributed by atoms with Gasteiger partial charge in [-0.3, -0.25) is 9.69 Å². The summed E-state index contributed by atoms with van der Waals surface area (Å²) in [6.07, 6.45) is 1.02. The Balaban J connectivity index is 1.56. The molecule has 1 aliphatic rings. The highest BCUT2D eigenvalue weighted by Crippen LogP contribution is 2.20. The number of hydrogen-bond acceptors (Lipinski definition) is 5. The highest BCUT2D eigenvalue weighted by molar-refractivity contribution is 5.81. The van der Waals surface area contributed by atoms with Crippen molar-refractivity contribution in [3.63, 3.8) is 0 Å². The first-order valence-electron chi connectivity index (χ1n) is 9.30. The summed E-state index contributed by atoms with van der Waals surface area (Å²) in [5, 5.41) is 4.11. The molecule has 1 aromatic heterocycles. The maximum Gasteiger partial charge on any atom is 0.241 e. The summed E-state index contributed by atoms with van der Waals surface area (Å²) in [6, 6.07) is 8.25. The molecule has 2 heterocycles. The predicted molar refractivity (Wildman–Crippen MR) is 100 cm³/mol. The van der Waals surface area contributed by atoms with Crippen molar-refractivity contribution >= 4 is 5.91 Å². The Bertz CT molecular complexity index is 738. The Hall–Kier alpha value is -2.21. The van der Waals surface area contributed by atoms with Gasteiger partial charge in [-0.25, -0.2) is 0 Å². The average molecular weight is 356 g/mol. The monoisotopic (exact) mass is 356 g/mol. The normalized spacial score (nSPS) is 16.1. The summed E-state index contributed by atoms with van der Waals surface area (Å²) in [6.45, 7) is 11.8. The number of piperazine rings is 1. The predicted octanol–water partition coefficient (Wildman–Crippen LogP) is 2.99. The number of carbonyl (C=O) groups is 1. The molecule has 1 aliphatic heterocycles. The lowest BCUT2D eigenvalue weighted by Crippen LogP contribution is -2.51. The summed E-state index contributed by atoms with van der Waals surface area (Å²) in [4.78, 5) is 21.1. The second-order valence-corrected chi connectivity index (χ2v) is 7.88. The molecular weight excluding hydrogens is 328 g/mol. The highest BCUT2D eigenvalue weighted by atomic mass is 16.5. The second kappa shape index (κ2) is 7.58. The number of nitrogens with zero attached hydrogens (tertiary/aromatic N) is 4. The molecule has 0 saturated carbocycles. The third-order valence-electron chi connectivity index (χ3n) is 4.75. The maximum atomic E-state index is 12.4. The van der Waals surface area contributed by atoms with Gasteiger partial charge in [0.15, 0.2) is 0 Å². The smallest absolute Gasteiger partial charge is 0.241 e. The Labute approximate surface area is 155 Å². The SMILES string of the molecule is CCc1ccc(-c2noc(CN3CCN(C(=O)C(C)(C)C)CC3)n2)cc1. The Kier molecular flexibility index (Phi) is 5.41. The summed E-state index contributed by atoms with van der Waals surface area (Å²) in [5.74, 6) is 1.46. The number of benzene rings is 1. The van der Waals surface area contributed by atoms with E-state index < -0.39 is 0 Å². The van der Waals surface area contributed by atoms with Gasteiger partial charge in [-0.1, -0.05) is 57.1 Å². The van der Waals surface area contributed by atoms with Crippen LogP contribution in [-0.4, -0.2) is 52.0 Å². The molecule has 0 unspecified atom stereocenters. The molecule has 3 rings (SSSR count). The number of amides is 1. The minimum Gasteiger partial charge on any atom is -0.340 e. The Morgan fingerprint density at radius 1 is 1.12 bits per heavy atom. The van der Waals surface area contributed by atoms with Crippen LogP contribution in [0, 0.1) is 5.41 Å². The lowest BCUT2D eigenvalue weighted by atomic mass is 9.94. The van der Waals surface area contributed by atoms with Gasteiger partial charge in [-0.2, -0.15) is 4.98 Å². The highest BCUT2D eigenvalue weighted by Gasteiger charge is 2.30. The van der Waals surface area contributed by atoms with Gasteiger partial charge in [0.2, 0.25) is 17.6 Å². The van der Waals surface area contributed by atoms with Crippen LogP contribution in [0.15, 0.2) is 28.8 Å². The van der Waals surface area contributed by atoms with Crippen LogP contribution in [-0.2, 0) is 17.8 Å². The molecule has 1 saturated heterocycles. The van der Waals surface area contributed by atoms with Crippen LogP contribution in [0.3, 0.4) is 0 Å². The third-order valence-corrected chi connectivity index (χ3v) is 4.75. The fraction of sp³-hybridized carbons (Fsp3) is 0.550. The summed E-state index contributed by atoms with van der Waals surface area (Å²) in [7, 11) is 0. The quantitative estimate of drug-likeness (QED) is 0.843. The van der Waals surface area contributed by atoms with Crippen LogP contribution in [0.4, 0.5) is 0 Å². The van der Waals surface area contributed by atoms with E-state index in [1.54, 1.807) is 0 Å². The number of carbonyl (C=O) groups excluding carboxylic acids is 1. The molecule has 0 atom stereocenters. The second-order valence-electron chi connectivity index (χ2n) is 7.88. The van der Waals surface area contributed by atoms with Crippen LogP contribution < -0.4 is 0 Å². The standard InChI is InChI=1S/C20H28N4O2/c1-5-15-6-8-16(9-7-15)18-21-17(26-22-18)14-23-10-12-24(13-11-23)19(25)20(2,3)4/h6-9H,5,10-14H2,1-4H3. The lowest BCUT2D eigenvalue weighted by Gasteiger charge is -2.37. The lowest BCUT2D eigenvalue weighted by molar-refractivity contribution is -0.141. The molecule has 0 bridgehead atoms. The van der Waals surface area contributed by atoms with Crippen molar-refractivity contribution < 1.29 is 9.32 Å². The van der Waals surface area contributed by atoms with E-state index in [-0.39, 0.29) is 11.3 Å². The minimum absolute atomic E-state index is 0.216. The molecule has 1 fully saturated rings. The molecule has 6 nitrogen and oxygen atoms in total. The van der Waals surface area contributed by atoms with Gasteiger partial charge >= 0.3 is 0 Å². The number of aryl methyl sites for hydroxylation is 1. The molecule has 1 amide bonds. The number of hydrogen-bond donors (Lipinski definition) is 0. The van der Waals surface area contributed by atoms with Crippen molar-refractivity contribution in [3.05, 3.63) is 35.7 Å². The zero-order chi connectivity index (χ0) is 18.7. The van der Waals surface area contributed by atoms with Crippen molar-refractivity contribution in [1.29, 1.82) is 0 Å². The summed E-state index contributed by atoms with van der Waals surface area (Å²) >= 11 is 0. The zero-order valence-corrected chi connectivity index (χ0v) is 16.2. The molecule has 26 heavy (non-hydrogen) atoms. The minimum atomic E-state index is -0.323. The van der Waals surface area contributed by atoms with Crippen molar-refractivity contribution in [2.24, 2.45) is 5.41 Å². The van der Waals surface area contributed by atoms with Gasteiger partial charge in [0.05, 0.1) is 6.54 Å². The van der Waals surface area contributed by atoms with Gasteiger partial charge < -0.3 is 9.42 Å². The van der Waals surface area contributed by atoms with E-state index in [2.05, 4.69) is 34.1 Å². The maximum absolute atomic E-state index is 12.4. The van der Waals surface area contributed by atoms with E-state index in [4.69, 9.17) is 4.52 Å². The average Bonchev–Trinajstić information content (AvgIpc) is 3.09. The molecular formula is C20H28N4O2. The van der Waals surface area contributed by atoms with Gasteiger partial charge in [-0.15, -0.1) is 0 Å². The number of rotatable bonds is 4. The van der Waals surface area contributed by atoms with E-state index in [0.29, 0.717) is 18.3 Å². The van der Waals surface area contributed by atoms with E-state index >= 15 is 0 Å². The van der Waals surface area contributed by atoms with Crippen LogP contribution >= 0.6 is 0 Å². The van der Waals surface area contributed by atoms with Gasteiger partial charge in [0.25, 0.3) is 0 Å². The molecule has 0 spiro atoms. The van der Waals surface area contributed by atoms with Crippen LogP contribution in [0.1, 0.15) is 39.1 Å². The molecule has 1 aromatic carbocycles. The molecule has 0 N–H and O–H groups in total. The third kappa shape index (κ3) is 4.30. The fourth-order valence-corrected chi connectivity index (χ4v) is 3.10. The first-order chi connectivity index (χ1) is 12.4. The molecule has 2 aromatic rings. The van der Waals surface area contributed by atoms with Crippen molar-refractivity contribution in [3.8, 4) is 11.4 Å². The first-order valence-corrected chi connectivity index (χ1v) is 9.30. The van der Waals surface area contributed by atoms with Crippen molar-refractivity contribution in [1.82, 2.24) is 19.9 Å². The van der Waals surface area contributed by atoms with Crippen LogP contribution in [0.25, 0.3) is 11.4 Å². The molecule has 6 heteroatoms. The van der Waals surface area contributed by atoms with E-state index in [9.17, 15) is 4.79 Å². The molecule has 0 aliphatic carbocycles. The first kappa shape index (κ1) is 18.6. The van der Waals surface area contributed by atoms with Crippen molar-refractivity contribution in [2.75, 3.05) is 26.2 Å². The topological polar surface area (TPSA) is 62.5 Å². The Morgan fingerprint density at radius 2 is 1.77 bits per heavy atom. The largest absolute Gasteiger partial charge is 0.340 e. The Morgan fingerprint density at radius 3 is 2.35 bits per heavy atom. The van der Waals surface area contributed by atoms with E-state index in [0.717, 1.165) is 38.2 Å². The molecule has 0 radical (unpaired) electrons. The fourth-order valence-electron chi connectivity index (χ4n) is 3.10. The van der Waals surface area contributed by atoms with Crippen molar-refractivity contribution in [2.45, 2.75) is 40.7 Å². The van der Waals surface area contributed by atoms with Gasteiger partial charge in [0.1, 0.15) is 0 Å². The summed E-state index contributed by atoms with van der Waals surface area (Å²) in [5.41, 5.74) is 1.94. The van der Waals surface area contributed by atoms with Crippen LogP contribution in [0.5, 0.6) is 0 Å². The molecule has 140 valence electrons. The number of aromatic nitrogens is 2. The summed E-state index contributed by atoms with van der Waals surface area (Å²) < 4.78 is 5.42.